The number of urea groups is 1. The van der Waals surface area contributed by atoms with Crippen LogP contribution in [0.4, 0.5) is 16.2 Å². The first-order chi connectivity index (χ1) is 38.4. The standard InChI is InChI=1S/C65H59N5O9/c71-56-39-48-23-13-15-27-52(48)70(53-28-16-14-26-51(53)56)64(79)67-36-38-69(55(42-67)62(76)77)60(73)58(46-21-9-3-10-22-46)47-31-29-43(30-32-47)49-33-34-65(40-49,50-24-11-4-12-25-50)63(78)66-35-37-68(54(41-66)61(74)75)59(72)57(44-17-5-1-6-18-44)45-19-7-2-8-20-45/h1-32,49,54-55,57-58H,33-42H2,(H,74,75)(H,76,77)/t49?,54-,55-,58?,65?/m0/s1. The Hall–Kier alpha value is -9.17. The number of ketones is 1. The molecule has 7 aromatic carbocycles. The van der Waals surface area contributed by atoms with Crippen molar-refractivity contribution in [2.45, 2.75) is 60.9 Å². The highest BCUT2D eigenvalue weighted by Crippen LogP contribution is 2.50. The molecule has 4 aliphatic rings. The number of carbonyl (C=O) groups is 7. The third-order valence-electron chi connectivity index (χ3n) is 16.6. The number of fused-ring (bicyclic) bond motifs is 2. The Bertz CT molecular complexity index is 3400. The fourth-order valence-electron chi connectivity index (χ4n) is 12.6. The lowest BCUT2D eigenvalue weighted by Gasteiger charge is -2.44. The molecule has 2 saturated heterocycles. The number of anilines is 2. The molecule has 11 rings (SSSR count). The topological polar surface area (TPSA) is 176 Å². The van der Waals surface area contributed by atoms with Gasteiger partial charge in [-0.3, -0.25) is 24.1 Å². The van der Waals surface area contributed by atoms with Crippen LogP contribution < -0.4 is 4.90 Å². The van der Waals surface area contributed by atoms with Crippen molar-refractivity contribution in [2.75, 3.05) is 44.2 Å². The molecule has 398 valence electrons. The summed E-state index contributed by atoms with van der Waals surface area (Å²) >= 11 is 0. The van der Waals surface area contributed by atoms with Gasteiger partial charge in [0.25, 0.3) is 0 Å². The predicted molar refractivity (Wildman–Crippen MR) is 297 cm³/mol. The van der Waals surface area contributed by atoms with Crippen LogP contribution in [0.3, 0.4) is 0 Å². The van der Waals surface area contributed by atoms with Crippen LogP contribution in [0.5, 0.6) is 0 Å². The van der Waals surface area contributed by atoms with E-state index >= 15 is 9.59 Å². The van der Waals surface area contributed by atoms with Gasteiger partial charge < -0.3 is 29.8 Å². The van der Waals surface area contributed by atoms with E-state index in [1.54, 1.807) is 41.3 Å². The molecule has 14 nitrogen and oxygen atoms in total. The van der Waals surface area contributed by atoms with Gasteiger partial charge in [0.05, 0.1) is 41.7 Å². The van der Waals surface area contributed by atoms with E-state index in [0.29, 0.717) is 52.9 Å². The number of Topliss-reactive ketones (excluding diaryl/α,β-unsaturated/α-hetero) is 1. The Labute approximate surface area is 458 Å². The van der Waals surface area contributed by atoms with Crippen molar-refractivity contribution < 1.29 is 43.8 Å². The van der Waals surface area contributed by atoms with Crippen LogP contribution >= 0.6 is 0 Å². The quantitative estimate of drug-likeness (QED) is 0.128. The molecule has 7 aromatic rings. The average molecular weight is 1050 g/mol. The molecule has 0 spiro atoms. The summed E-state index contributed by atoms with van der Waals surface area (Å²) in [7, 11) is 0. The van der Waals surface area contributed by atoms with Gasteiger partial charge in [0.1, 0.15) is 12.1 Å². The summed E-state index contributed by atoms with van der Waals surface area (Å²) in [5.74, 6) is -5.26. The van der Waals surface area contributed by atoms with E-state index in [0.717, 1.165) is 22.3 Å². The Balaban J connectivity index is 0.831. The first-order valence-electron chi connectivity index (χ1n) is 26.9. The first kappa shape index (κ1) is 51.9. The molecule has 1 aliphatic carbocycles. The van der Waals surface area contributed by atoms with Crippen molar-refractivity contribution in [3.8, 4) is 0 Å². The van der Waals surface area contributed by atoms with Gasteiger partial charge in [-0.05, 0) is 82.3 Å². The number of carboxylic acids is 2. The maximum Gasteiger partial charge on any atom is 0.329 e. The molecule has 5 atom stereocenters. The molecule has 3 fully saturated rings. The summed E-state index contributed by atoms with van der Waals surface area (Å²) in [5.41, 5.74) is 5.58. The molecule has 0 radical (unpaired) electrons. The number of carboxylic acid groups (broad SMARTS) is 2. The Morgan fingerprint density at radius 1 is 0.494 bits per heavy atom. The number of rotatable bonds is 11. The van der Waals surface area contributed by atoms with Crippen molar-refractivity contribution in [2.24, 2.45) is 0 Å². The van der Waals surface area contributed by atoms with E-state index < -0.39 is 53.2 Å². The van der Waals surface area contributed by atoms with Crippen molar-refractivity contribution >= 4 is 52.8 Å². The van der Waals surface area contributed by atoms with Gasteiger partial charge in [0.15, 0.2) is 5.78 Å². The van der Waals surface area contributed by atoms with Gasteiger partial charge in [-0.15, -0.1) is 0 Å². The van der Waals surface area contributed by atoms with E-state index in [9.17, 15) is 34.2 Å². The summed E-state index contributed by atoms with van der Waals surface area (Å²) in [4.78, 5) is 107. The second-order valence-corrected chi connectivity index (χ2v) is 21.0. The summed E-state index contributed by atoms with van der Waals surface area (Å²) in [6.45, 7) is -0.270. The first-order valence-corrected chi connectivity index (χ1v) is 26.9. The molecule has 5 amide bonds. The molecule has 1 saturated carbocycles. The van der Waals surface area contributed by atoms with E-state index in [-0.39, 0.29) is 69.2 Å². The minimum atomic E-state index is -1.38. The average Bonchev–Trinajstić information content (AvgIpc) is 3.95. The van der Waals surface area contributed by atoms with Crippen molar-refractivity contribution in [1.29, 1.82) is 0 Å². The molecular weight excluding hydrogens is 995 g/mol. The summed E-state index contributed by atoms with van der Waals surface area (Å²) in [6, 6.07) is 56.1. The molecular formula is C65H59N5O9. The highest BCUT2D eigenvalue weighted by molar-refractivity contribution is 6.12. The number of aliphatic carboxylic acids is 2. The molecule has 3 heterocycles. The maximum atomic E-state index is 15.3. The van der Waals surface area contributed by atoms with Crippen molar-refractivity contribution in [3.05, 3.63) is 239 Å². The zero-order valence-corrected chi connectivity index (χ0v) is 43.4. The predicted octanol–water partition coefficient (Wildman–Crippen LogP) is 9.27. The SMILES string of the molecule is O=C1Cc2ccccc2N(C(=O)N2CCN(C(=O)C(c3ccccc3)c3ccc(C4CCC(C(=O)N5CCN(C(=O)C(c6ccccc6)c6ccccc6)[C@H](C(=O)O)C5)(c5ccccc5)C4)cc3)[C@H](C(=O)O)C2)c2ccccc21. The molecule has 3 aliphatic heterocycles. The minimum absolute atomic E-state index is 0.0426. The number of nitrogens with zero attached hydrogens (tertiary/aromatic N) is 5. The highest BCUT2D eigenvalue weighted by atomic mass is 16.4. The Morgan fingerprint density at radius 3 is 1.49 bits per heavy atom. The molecule has 2 N–H and O–H groups in total. The van der Waals surface area contributed by atoms with E-state index in [4.69, 9.17) is 0 Å². The smallest absolute Gasteiger partial charge is 0.329 e. The molecule has 0 bridgehead atoms. The number of piperazine rings is 2. The van der Waals surface area contributed by atoms with Crippen molar-refractivity contribution in [3.63, 3.8) is 0 Å². The Morgan fingerprint density at radius 2 is 0.949 bits per heavy atom. The maximum absolute atomic E-state index is 15.3. The van der Waals surface area contributed by atoms with Crippen LogP contribution in [0.1, 0.15) is 86.3 Å². The highest BCUT2D eigenvalue weighted by Gasteiger charge is 2.51. The lowest BCUT2D eigenvalue weighted by molar-refractivity contribution is -0.157. The second kappa shape index (κ2) is 22.1. The minimum Gasteiger partial charge on any atom is -0.480 e. The summed E-state index contributed by atoms with van der Waals surface area (Å²) in [6.07, 6.45) is 1.67. The van der Waals surface area contributed by atoms with Crippen LogP contribution in [0.15, 0.2) is 194 Å². The van der Waals surface area contributed by atoms with Gasteiger partial charge in [0.2, 0.25) is 17.7 Å². The van der Waals surface area contributed by atoms with Crippen LogP contribution in [-0.4, -0.2) is 123 Å². The third kappa shape index (κ3) is 9.94. The zero-order chi connectivity index (χ0) is 54.8. The van der Waals surface area contributed by atoms with Crippen LogP contribution in [0.2, 0.25) is 0 Å². The molecule has 0 aromatic heterocycles. The monoisotopic (exact) mass is 1050 g/mol. The van der Waals surface area contributed by atoms with Crippen LogP contribution in [0.25, 0.3) is 0 Å². The molecule has 14 heteroatoms. The second-order valence-electron chi connectivity index (χ2n) is 21.0. The third-order valence-corrected chi connectivity index (χ3v) is 16.6. The molecule has 79 heavy (non-hydrogen) atoms. The van der Waals surface area contributed by atoms with Gasteiger partial charge >= 0.3 is 18.0 Å². The van der Waals surface area contributed by atoms with Gasteiger partial charge in [-0.2, -0.15) is 0 Å². The van der Waals surface area contributed by atoms with Crippen LogP contribution in [0, 0.1) is 0 Å². The Kier molecular flexibility index (Phi) is 14.5. The number of benzene rings is 7. The molecule has 3 unspecified atom stereocenters. The number of hydrogen-bond donors (Lipinski definition) is 2. The summed E-state index contributed by atoms with van der Waals surface area (Å²) < 4.78 is 0. The van der Waals surface area contributed by atoms with Gasteiger partial charge in [0, 0.05) is 38.2 Å². The van der Waals surface area contributed by atoms with Gasteiger partial charge in [-0.1, -0.05) is 176 Å². The fraction of sp³-hybridized carbons (Fsp3) is 0.246. The van der Waals surface area contributed by atoms with E-state index in [1.807, 2.05) is 158 Å². The van der Waals surface area contributed by atoms with E-state index in [1.165, 1.54) is 19.6 Å². The normalized spacial score (nSPS) is 20.4. The number of para-hydroxylation sites is 2. The fourth-order valence-corrected chi connectivity index (χ4v) is 12.6. The van der Waals surface area contributed by atoms with E-state index in [2.05, 4.69) is 0 Å². The number of hydrogen-bond acceptors (Lipinski definition) is 7. The summed E-state index contributed by atoms with van der Waals surface area (Å²) in [5, 5.41) is 21.5. The van der Waals surface area contributed by atoms with Gasteiger partial charge in [-0.25, -0.2) is 14.4 Å². The lowest BCUT2D eigenvalue weighted by atomic mass is 9.76. The number of amides is 5. The zero-order valence-electron chi connectivity index (χ0n) is 43.4. The number of carbonyl (C=O) groups excluding carboxylic acids is 5. The van der Waals surface area contributed by atoms with Crippen LogP contribution in [-0.2, 0) is 35.8 Å². The van der Waals surface area contributed by atoms with Crippen molar-refractivity contribution in [1.82, 2.24) is 19.6 Å². The lowest BCUT2D eigenvalue weighted by Crippen LogP contribution is -2.62. The largest absolute Gasteiger partial charge is 0.480 e.